The molecule has 0 fully saturated rings. The van der Waals surface area contributed by atoms with Crippen molar-refractivity contribution >= 4 is 19.3 Å². The maximum Gasteiger partial charge on any atom is 0.456 e. The minimum atomic E-state index is -3.66. The molecule has 0 aliphatic rings. The van der Waals surface area contributed by atoms with Crippen molar-refractivity contribution in [3.05, 3.63) is 66.2 Å². The highest BCUT2D eigenvalue weighted by Gasteiger charge is 2.28. The molecule has 0 unspecified atom stereocenters. The minimum absolute atomic E-state index is 0.276. The van der Waals surface area contributed by atoms with Gasteiger partial charge in [-0.15, -0.1) is 0 Å². The van der Waals surface area contributed by atoms with E-state index in [0.29, 0.717) is 5.84 Å². The minimum Gasteiger partial charge on any atom is -0.340 e. The molecule has 0 atom stereocenters. The third kappa shape index (κ3) is 6.46. The topological polar surface area (TPSA) is 59.9 Å². The highest BCUT2D eigenvalue weighted by molar-refractivity contribution is 7.52. The number of para-hydroxylation sites is 1. The van der Waals surface area contributed by atoms with E-state index in [1.165, 1.54) is 0 Å². The maximum atomic E-state index is 13.1. The number of amidine groups is 1. The molecule has 6 heteroatoms. The van der Waals surface area contributed by atoms with E-state index in [4.69, 9.17) is 9.05 Å². The number of hydrogen-bond acceptors (Lipinski definition) is 3. The van der Waals surface area contributed by atoms with Crippen molar-refractivity contribution in [2.75, 3.05) is 5.32 Å². The van der Waals surface area contributed by atoms with E-state index in [2.05, 4.69) is 10.1 Å². The van der Waals surface area contributed by atoms with Crippen molar-refractivity contribution in [3.63, 3.8) is 0 Å². The van der Waals surface area contributed by atoms with Gasteiger partial charge >= 0.3 is 7.75 Å². The van der Waals surface area contributed by atoms with Crippen LogP contribution in [0.3, 0.4) is 0 Å². The van der Waals surface area contributed by atoms with Crippen LogP contribution in [0.15, 0.2) is 65.4 Å². The molecular formula is C19H25N2O3P. The monoisotopic (exact) mass is 360 g/mol. The second kappa shape index (κ2) is 8.95. The van der Waals surface area contributed by atoms with Crippen LogP contribution in [0, 0.1) is 0 Å². The molecule has 0 heterocycles. The van der Waals surface area contributed by atoms with Crippen LogP contribution in [0.4, 0.5) is 5.69 Å². The zero-order valence-electron chi connectivity index (χ0n) is 15.0. The predicted octanol–water partition coefficient (Wildman–Crippen LogP) is 5.50. The van der Waals surface area contributed by atoms with Crippen molar-refractivity contribution in [3.8, 4) is 0 Å². The Morgan fingerprint density at radius 3 is 1.84 bits per heavy atom. The number of nitrogens with one attached hydrogen (secondary N) is 1. The predicted molar refractivity (Wildman–Crippen MR) is 103 cm³/mol. The van der Waals surface area contributed by atoms with Gasteiger partial charge in [-0.1, -0.05) is 48.5 Å². The summed E-state index contributed by atoms with van der Waals surface area (Å²) in [7, 11) is -3.66. The summed E-state index contributed by atoms with van der Waals surface area (Å²) in [5.74, 6) is 0.441. The average Bonchev–Trinajstić information content (AvgIpc) is 2.54. The van der Waals surface area contributed by atoms with Gasteiger partial charge in [0.2, 0.25) is 0 Å². The second-order valence-electron chi connectivity index (χ2n) is 6.08. The molecule has 0 aliphatic heterocycles. The number of anilines is 1. The summed E-state index contributed by atoms with van der Waals surface area (Å²) >= 11 is 0. The van der Waals surface area contributed by atoms with Crippen molar-refractivity contribution in [1.82, 2.24) is 0 Å². The molecule has 0 saturated heterocycles. The number of hydrogen-bond donors (Lipinski definition) is 1. The normalized spacial score (nSPS) is 12.6. The van der Waals surface area contributed by atoms with Crippen molar-refractivity contribution in [2.45, 2.75) is 39.9 Å². The first-order valence-electron chi connectivity index (χ1n) is 8.32. The van der Waals surface area contributed by atoms with Gasteiger partial charge in [0.15, 0.2) is 0 Å². The highest BCUT2D eigenvalue weighted by atomic mass is 31.2. The second-order valence-corrected chi connectivity index (χ2v) is 7.64. The van der Waals surface area contributed by atoms with E-state index in [1.54, 1.807) is 27.7 Å². The van der Waals surface area contributed by atoms with Crippen LogP contribution in [0.25, 0.3) is 0 Å². The number of rotatable bonds is 7. The van der Waals surface area contributed by atoms with Crippen LogP contribution in [-0.4, -0.2) is 18.0 Å². The molecule has 1 N–H and O–H groups in total. The van der Waals surface area contributed by atoms with Gasteiger partial charge in [0.25, 0.3) is 0 Å². The summed E-state index contributed by atoms with van der Waals surface area (Å²) in [5.41, 5.74) is 1.64. The molecule has 0 aromatic heterocycles. The van der Waals surface area contributed by atoms with E-state index in [-0.39, 0.29) is 12.2 Å². The van der Waals surface area contributed by atoms with E-state index in [0.717, 1.165) is 11.3 Å². The van der Waals surface area contributed by atoms with Crippen LogP contribution in [0.2, 0.25) is 0 Å². The zero-order valence-corrected chi connectivity index (χ0v) is 15.9. The lowest BCUT2D eigenvalue weighted by atomic mass is 10.2. The van der Waals surface area contributed by atoms with Crippen LogP contribution >= 0.6 is 7.75 Å². The van der Waals surface area contributed by atoms with Gasteiger partial charge in [-0.05, 0) is 39.8 Å². The van der Waals surface area contributed by atoms with Gasteiger partial charge < -0.3 is 5.32 Å². The number of nitrogens with zero attached hydrogens (tertiary/aromatic N) is 1. The van der Waals surface area contributed by atoms with Gasteiger partial charge in [0.1, 0.15) is 5.84 Å². The first kappa shape index (κ1) is 19.4. The Balaban J connectivity index is 2.44. The molecule has 0 amide bonds. The van der Waals surface area contributed by atoms with Gasteiger partial charge in [-0.2, -0.15) is 4.76 Å². The Hall–Kier alpha value is -1.94. The van der Waals surface area contributed by atoms with E-state index < -0.39 is 7.75 Å². The summed E-state index contributed by atoms with van der Waals surface area (Å²) in [6.07, 6.45) is -0.552. The third-order valence-corrected chi connectivity index (χ3v) is 4.82. The molecule has 134 valence electrons. The fourth-order valence-electron chi connectivity index (χ4n) is 2.14. The maximum absolute atomic E-state index is 13.1. The molecule has 0 saturated carbocycles. The Bertz CT molecular complexity index is 717. The third-order valence-electron chi connectivity index (χ3n) is 2.99. The average molecular weight is 360 g/mol. The van der Waals surface area contributed by atoms with Crippen LogP contribution in [0.5, 0.6) is 0 Å². The summed E-state index contributed by atoms with van der Waals surface area (Å²) in [4.78, 5) is 0. The van der Waals surface area contributed by atoms with Crippen molar-refractivity contribution in [2.24, 2.45) is 4.76 Å². The summed E-state index contributed by atoms with van der Waals surface area (Å²) in [6.45, 7) is 7.22. The Morgan fingerprint density at radius 2 is 1.36 bits per heavy atom. The SMILES string of the molecule is CC(C)OP(=O)(/N=C(\Nc1ccccc1)c1ccccc1)OC(C)C. The smallest absolute Gasteiger partial charge is 0.340 e. The largest absolute Gasteiger partial charge is 0.456 e. The first-order valence-corrected chi connectivity index (χ1v) is 9.82. The fraction of sp³-hybridized carbons (Fsp3) is 0.316. The Morgan fingerprint density at radius 1 is 0.880 bits per heavy atom. The lowest BCUT2D eigenvalue weighted by molar-refractivity contribution is 0.143. The lowest BCUT2D eigenvalue weighted by Gasteiger charge is -2.20. The molecule has 2 rings (SSSR count). The molecule has 2 aromatic carbocycles. The van der Waals surface area contributed by atoms with Gasteiger partial charge in [0.05, 0.1) is 12.2 Å². The van der Waals surface area contributed by atoms with Crippen LogP contribution < -0.4 is 5.32 Å². The van der Waals surface area contributed by atoms with E-state index in [1.807, 2.05) is 60.7 Å². The van der Waals surface area contributed by atoms with Crippen LogP contribution in [-0.2, 0) is 13.6 Å². The molecule has 25 heavy (non-hydrogen) atoms. The number of benzene rings is 2. The van der Waals surface area contributed by atoms with Gasteiger partial charge in [0, 0.05) is 11.3 Å². The molecule has 0 radical (unpaired) electrons. The van der Waals surface area contributed by atoms with Crippen molar-refractivity contribution < 1.29 is 13.6 Å². The summed E-state index contributed by atoms with van der Waals surface area (Å²) in [5, 5.41) is 3.22. The molecule has 0 aliphatic carbocycles. The van der Waals surface area contributed by atoms with Gasteiger partial charge in [-0.25, -0.2) is 4.57 Å². The van der Waals surface area contributed by atoms with Crippen LogP contribution in [0.1, 0.15) is 33.3 Å². The fourth-order valence-corrected chi connectivity index (χ4v) is 3.76. The van der Waals surface area contributed by atoms with Gasteiger partial charge in [-0.3, -0.25) is 9.05 Å². The van der Waals surface area contributed by atoms with Crippen molar-refractivity contribution in [1.29, 1.82) is 0 Å². The lowest BCUT2D eigenvalue weighted by Crippen LogP contribution is -2.15. The Labute approximate surface area is 149 Å². The zero-order chi connectivity index (χ0) is 18.3. The van der Waals surface area contributed by atoms with E-state index in [9.17, 15) is 4.57 Å². The molecule has 0 spiro atoms. The molecule has 2 aromatic rings. The quantitative estimate of drug-likeness (QED) is 0.402. The highest BCUT2D eigenvalue weighted by Crippen LogP contribution is 2.52. The van der Waals surface area contributed by atoms with E-state index >= 15 is 0 Å². The first-order chi connectivity index (χ1) is 11.9. The standard InChI is InChI=1S/C19H25N2O3P/c1-15(2)23-25(22,24-16(3)4)21-19(17-11-7-5-8-12-17)20-18-13-9-6-10-14-18/h5-16H,1-4H3,(H,20,21,22). The molecule has 0 bridgehead atoms. The summed E-state index contributed by atoms with van der Waals surface area (Å²) in [6, 6.07) is 19.1. The Kier molecular flexibility index (Phi) is 6.94. The molecule has 5 nitrogen and oxygen atoms in total. The summed E-state index contributed by atoms with van der Waals surface area (Å²) < 4.78 is 28.6. The molecular weight excluding hydrogens is 335 g/mol.